The van der Waals surface area contributed by atoms with Gasteiger partial charge in [0.05, 0.1) is 19.3 Å². The predicted octanol–water partition coefficient (Wildman–Crippen LogP) is 3.52. The van der Waals surface area contributed by atoms with Gasteiger partial charge < -0.3 is 9.47 Å². The molecule has 2 rings (SSSR count). The van der Waals surface area contributed by atoms with Gasteiger partial charge in [-0.25, -0.2) is 0 Å². The molecule has 17 heavy (non-hydrogen) atoms. The van der Waals surface area contributed by atoms with Gasteiger partial charge in [-0.05, 0) is 18.9 Å². The Hall–Kier alpha value is -0.130. The maximum atomic E-state index is 6.03. The second-order valence-corrected chi connectivity index (χ2v) is 5.50. The lowest BCUT2D eigenvalue weighted by molar-refractivity contribution is 0.0401. The second kappa shape index (κ2) is 6.71. The topological polar surface area (TPSA) is 18.5 Å². The van der Waals surface area contributed by atoms with Crippen LogP contribution in [0.25, 0.3) is 0 Å². The molecule has 2 atom stereocenters. The first-order valence-corrected chi connectivity index (χ1v) is 7.64. The van der Waals surface area contributed by atoms with Crippen molar-refractivity contribution in [2.45, 2.75) is 19.4 Å². The summed E-state index contributed by atoms with van der Waals surface area (Å²) in [6.45, 7) is 4.70. The number of aryl methyl sites for hydroxylation is 1. The highest BCUT2D eigenvalue weighted by atomic mass is 127. The lowest BCUT2D eigenvalue weighted by Crippen LogP contribution is -2.14. The molecule has 94 valence electrons. The van der Waals surface area contributed by atoms with Crippen molar-refractivity contribution in [3.8, 4) is 0 Å². The molecule has 0 radical (unpaired) electrons. The van der Waals surface area contributed by atoms with Gasteiger partial charge in [0.2, 0.25) is 0 Å². The van der Waals surface area contributed by atoms with E-state index >= 15 is 0 Å². The SMILES string of the molecule is Cc1cccc(C(CI)OCC2CCOC2)c1. The molecule has 2 unspecified atom stereocenters. The Labute approximate surface area is 117 Å². The summed E-state index contributed by atoms with van der Waals surface area (Å²) in [5, 5.41) is 0. The van der Waals surface area contributed by atoms with Crippen LogP contribution in [0.3, 0.4) is 0 Å². The minimum absolute atomic E-state index is 0.219. The van der Waals surface area contributed by atoms with Gasteiger partial charge in [0.25, 0.3) is 0 Å². The monoisotopic (exact) mass is 346 g/mol. The Balaban J connectivity index is 1.91. The van der Waals surface area contributed by atoms with E-state index in [0.29, 0.717) is 5.92 Å². The fourth-order valence-corrected chi connectivity index (χ4v) is 2.83. The van der Waals surface area contributed by atoms with Gasteiger partial charge in [-0.15, -0.1) is 0 Å². The fourth-order valence-electron chi connectivity index (χ4n) is 2.07. The Morgan fingerprint density at radius 3 is 3.06 bits per heavy atom. The summed E-state index contributed by atoms with van der Waals surface area (Å²) in [5.41, 5.74) is 2.59. The third-order valence-electron chi connectivity index (χ3n) is 3.11. The average molecular weight is 346 g/mol. The Kier molecular flexibility index (Phi) is 5.25. The number of rotatable bonds is 5. The van der Waals surface area contributed by atoms with E-state index in [-0.39, 0.29) is 6.10 Å². The van der Waals surface area contributed by atoms with Crippen molar-refractivity contribution in [2.24, 2.45) is 5.92 Å². The van der Waals surface area contributed by atoms with Crippen LogP contribution in [-0.4, -0.2) is 24.2 Å². The number of benzene rings is 1. The highest BCUT2D eigenvalue weighted by Crippen LogP contribution is 2.23. The van der Waals surface area contributed by atoms with E-state index in [1.165, 1.54) is 11.1 Å². The minimum Gasteiger partial charge on any atom is -0.381 e. The van der Waals surface area contributed by atoms with Gasteiger partial charge >= 0.3 is 0 Å². The molecule has 0 saturated carbocycles. The third kappa shape index (κ3) is 3.93. The van der Waals surface area contributed by atoms with E-state index in [0.717, 1.165) is 30.7 Å². The molecular formula is C14H19IO2. The first kappa shape index (κ1) is 13.3. The summed E-state index contributed by atoms with van der Waals surface area (Å²) < 4.78 is 12.4. The van der Waals surface area contributed by atoms with Gasteiger partial charge in [-0.3, -0.25) is 0 Å². The summed E-state index contributed by atoms with van der Waals surface area (Å²) >= 11 is 2.39. The molecule has 1 aliphatic rings. The fraction of sp³-hybridized carbons (Fsp3) is 0.571. The van der Waals surface area contributed by atoms with Crippen LogP contribution in [-0.2, 0) is 9.47 Å². The van der Waals surface area contributed by atoms with Crippen molar-refractivity contribution in [3.05, 3.63) is 35.4 Å². The highest BCUT2D eigenvalue weighted by molar-refractivity contribution is 14.1. The summed E-state index contributed by atoms with van der Waals surface area (Å²) in [4.78, 5) is 0. The van der Waals surface area contributed by atoms with Gasteiger partial charge in [0.1, 0.15) is 0 Å². The molecule has 0 N–H and O–H groups in total. The molecule has 0 aromatic heterocycles. The van der Waals surface area contributed by atoms with Gasteiger partial charge in [0, 0.05) is 17.0 Å². The minimum atomic E-state index is 0.219. The molecular weight excluding hydrogens is 327 g/mol. The van der Waals surface area contributed by atoms with Crippen molar-refractivity contribution in [1.29, 1.82) is 0 Å². The lowest BCUT2D eigenvalue weighted by atomic mass is 10.1. The lowest BCUT2D eigenvalue weighted by Gasteiger charge is -2.18. The Bertz CT molecular complexity index is 348. The quantitative estimate of drug-likeness (QED) is 0.600. The van der Waals surface area contributed by atoms with Crippen molar-refractivity contribution < 1.29 is 9.47 Å². The third-order valence-corrected chi connectivity index (χ3v) is 3.91. The zero-order chi connectivity index (χ0) is 12.1. The van der Waals surface area contributed by atoms with E-state index in [2.05, 4.69) is 53.8 Å². The summed E-state index contributed by atoms with van der Waals surface area (Å²) in [7, 11) is 0. The molecule has 1 saturated heterocycles. The van der Waals surface area contributed by atoms with E-state index in [4.69, 9.17) is 9.47 Å². The van der Waals surface area contributed by atoms with Crippen LogP contribution < -0.4 is 0 Å². The molecule has 1 aliphatic heterocycles. The smallest absolute Gasteiger partial charge is 0.0914 e. The van der Waals surface area contributed by atoms with Crippen LogP contribution in [0.2, 0.25) is 0 Å². The van der Waals surface area contributed by atoms with Crippen molar-refractivity contribution in [1.82, 2.24) is 0 Å². The number of hydrogen-bond donors (Lipinski definition) is 0. The first-order chi connectivity index (χ1) is 8.29. The number of ether oxygens (including phenoxy) is 2. The predicted molar refractivity (Wildman–Crippen MR) is 77.7 cm³/mol. The molecule has 1 aromatic rings. The van der Waals surface area contributed by atoms with Crippen LogP contribution >= 0.6 is 22.6 Å². The van der Waals surface area contributed by atoms with Gasteiger partial charge in [-0.1, -0.05) is 52.4 Å². The highest BCUT2D eigenvalue weighted by Gasteiger charge is 2.18. The normalized spacial score (nSPS) is 21.6. The number of alkyl halides is 1. The molecule has 0 bridgehead atoms. The molecule has 1 fully saturated rings. The van der Waals surface area contributed by atoms with Crippen molar-refractivity contribution in [3.63, 3.8) is 0 Å². The summed E-state index contributed by atoms with van der Waals surface area (Å²) in [6.07, 6.45) is 1.36. The molecule has 0 spiro atoms. The first-order valence-electron chi connectivity index (χ1n) is 6.11. The molecule has 3 heteroatoms. The molecule has 0 aliphatic carbocycles. The van der Waals surface area contributed by atoms with Crippen LogP contribution in [0.4, 0.5) is 0 Å². The average Bonchev–Trinajstić information content (AvgIpc) is 2.83. The van der Waals surface area contributed by atoms with E-state index in [1.807, 2.05) is 0 Å². The van der Waals surface area contributed by atoms with Crippen LogP contribution in [0.5, 0.6) is 0 Å². The van der Waals surface area contributed by atoms with Gasteiger partial charge in [0.15, 0.2) is 0 Å². The summed E-state index contributed by atoms with van der Waals surface area (Å²) in [6, 6.07) is 8.60. The molecule has 2 nitrogen and oxygen atoms in total. The van der Waals surface area contributed by atoms with Crippen LogP contribution in [0.1, 0.15) is 23.7 Å². The van der Waals surface area contributed by atoms with E-state index < -0.39 is 0 Å². The van der Waals surface area contributed by atoms with Crippen LogP contribution in [0, 0.1) is 12.8 Å². The Morgan fingerprint density at radius 2 is 2.41 bits per heavy atom. The Morgan fingerprint density at radius 1 is 1.53 bits per heavy atom. The zero-order valence-corrected chi connectivity index (χ0v) is 12.4. The summed E-state index contributed by atoms with van der Waals surface area (Å²) in [5.74, 6) is 0.588. The largest absolute Gasteiger partial charge is 0.381 e. The standard InChI is InChI=1S/C14H19IO2/c1-11-3-2-4-13(7-11)14(8-15)17-10-12-5-6-16-9-12/h2-4,7,12,14H,5-6,8-10H2,1H3. The zero-order valence-electron chi connectivity index (χ0n) is 10.2. The number of hydrogen-bond acceptors (Lipinski definition) is 2. The molecule has 1 aromatic carbocycles. The maximum absolute atomic E-state index is 6.03. The second-order valence-electron chi connectivity index (χ2n) is 4.62. The molecule has 0 amide bonds. The van der Waals surface area contributed by atoms with Crippen molar-refractivity contribution >= 4 is 22.6 Å². The van der Waals surface area contributed by atoms with Crippen LogP contribution in [0.15, 0.2) is 24.3 Å². The van der Waals surface area contributed by atoms with E-state index in [1.54, 1.807) is 0 Å². The van der Waals surface area contributed by atoms with E-state index in [9.17, 15) is 0 Å². The molecule has 1 heterocycles. The van der Waals surface area contributed by atoms with Gasteiger partial charge in [-0.2, -0.15) is 0 Å². The van der Waals surface area contributed by atoms with Crippen molar-refractivity contribution in [2.75, 3.05) is 24.2 Å². The maximum Gasteiger partial charge on any atom is 0.0914 e. The number of halogens is 1.